The molecular weight excluding hydrogens is 417 g/mol. The Morgan fingerprint density at radius 1 is 1.16 bits per heavy atom. The van der Waals surface area contributed by atoms with Crippen LogP contribution in [0.1, 0.15) is 44.1 Å². The number of amides is 2. The number of nitrogens with one attached hydrogen (secondary N) is 1. The van der Waals surface area contributed by atoms with Gasteiger partial charge in [-0.1, -0.05) is 17.4 Å². The minimum atomic E-state index is -0.412. The fraction of sp³-hybridized carbons (Fsp3) is 0.273. The number of carbonyl (C=O) groups excluding carboxylic acids is 2. The van der Waals surface area contributed by atoms with Crippen LogP contribution < -0.4 is 10.2 Å². The second-order valence-electron chi connectivity index (χ2n) is 7.51. The summed E-state index contributed by atoms with van der Waals surface area (Å²) in [6, 6.07) is 12.8. The van der Waals surface area contributed by atoms with Crippen LogP contribution in [0.15, 0.2) is 48.5 Å². The fourth-order valence-electron chi connectivity index (χ4n) is 3.53. The molecule has 0 aliphatic carbocycles. The lowest BCUT2D eigenvalue weighted by atomic mass is 10.1. The highest BCUT2D eigenvalue weighted by Gasteiger charge is 2.33. The zero-order valence-electron chi connectivity index (χ0n) is 17.2. The van der Waals surface area contributed by atoms with E-state index in [0.29, 0.717) is 22.8 Å². The van der Waals surface area contributed by atoms with E-state index in [4.69, 9.17) is 0 Å². The molecule has 0 radical (unpaired) electrons. The maximum atomic E-state index is 13.2. The zero-order chi connectivity index (χ0) is 22.0. The molecule has 2 heterocycles. The number of anilines is 2. The van der Waals surface area contributed by atoms with Gasteiger partial charge in [-0.05, 0) is 55.3 Å². The second kappa shape index (κ2) is 8.81. The first kappa shape index (κ1) is 20.9. The average molecular weight is 440 g/mol. The largest absolute Gasteiger partial charge is 0.378 e. The van der Waals surface area contributed by atoms with Crippen LogP contribution in [-0.2, 0) is 0 Å². The monoisotopic (exact) mass is 439 g/mol. The van der Waals surface area contributed by atoms with E-state index >= 15 is 0 Å². The van der Waals surface area contributed by atoms with E-state index in [1.54, 1.807) is 4.90 Å². The first-order valence-electron chi connectivity index (χ1n) is 9.91. The molecule has 1 aliphatic heterocycles. The van der Waals surface area contributed by atoms with Gasteiger partial charge in [0.05, 0.1) is 6.04 Å². The van der Waals surface area contributed by atoms with E-state index in [-0.39, 0.29) is 22.8 Å². The van der Waals surface area contributed by atoms with Crippen LogP contribution in [0.4, 0.5) is 15.8 Å². The molecule has 9 heteroatoms. The SMILES string of the molecule is CN(C)c1cccc(C(=O)N2CCCC2c2nnc(C(=O)Nc3ccc(F)cc3)s2)c1. The summed E-state index contributed by atoms with van der Waals surface area (Å²) in [5.41, 5.74) is 2.05. The average Bonchev–Trinajstić information content (AvgIpc) is 3.44. The number of hydrogen-bond donors (Lipinski definition) is 1. The zero-order valence-corrected chi connectivity index (χ0v) is 18.0. The Kier molecular flexibility index (Phi) is 5.94. The summed E-state index contributed by atoms with van der Waals surface area (Å²) in [7, 11) is 3.87. The van der Waals surface area contributed by atoms with Gasteiger partial charge in [0, 0.05) is 37.6 Å². The maximum Gasteiger partial charge on any atom is 0.286 e. The molecule has 1 fully saturated rings. The molecule has 4 rings (SSSR count). The molecule has 31 heavy (non-hydrogen) atoms. The number of likely N-dealkylation sites (tertiary alicyclic amines) is 1. The third kappa shape index (κ3) is 4.56. The van der Waals surface area contributed by atoms with Gasteiger partial charge in [0.25, 0.3) is 11.8 Å². The summed E-state index contributed by atoms with van der Waals surface area (Å²) in [6.45, 7) is 0.631. The van der Waals surface area contributed by atoms with Gasteiger partial charge in [0.15, 0.2) is 0 Å². The van der Waals surface area contributed by atoms with E-state index < -0.39 is 5.91 Å². The van der Waals surface area contributed by atoms with Crippen molar-refractivity contribution in [2.24, 2.45) is 0 Å². The Hall–Kier alpha value is -3.33. The topological polar surface area (TPSA) is 78.4 Å². The first-order valence-corrected chi connectivity index (χ1v) is 10.7. The number of hydrogen-bond acceptors (Lipinski definition) is 6. The van der Waals surface area contributed by atoms with Crippen molar-refractivity contribution in [1.29, 1.82) is 0 Å². The van der Waals surface area contributed by atoms with Crippen molar-refractivity contribution in [3.8, 4) is 0 Å². The minimum Gasteiger partial charge on any atom is -0.378 e. The molecular formula is C22H22FN5O2S. The van der Waals surface area contributed by atoms with Crippen molar-refractivity contribution in [3.05, 3.63) is 69.9 Å². The molecule has 2 amide bonds. The third-order valence-electron chi connectivity index (χ3n) is 5.15. The highest BCUT2D eigenvalue weighted by Crippen LogP contribution is 2.35. The van der Waals surface area contributed by atoms with Gasteiger partial charge in [-0.15, -0.1) is 10.2 Å². The van der Waals surface area contributed by atoms with Crippen molar-refractivity contribution in [1.82, 2.24) is 15.1 Å². The van der Waals surface area contributed by atoms with E-state index in [0.717, 1.165) is 18.5 Å². The Balaban J connectivity index is 1.50. The van der Waals surface area contributed by atoms with Crippen LogP contribution in [0.3, 0.4) is 0 Å². The molecule has 1 N–H and O–H groups in total. The molecule has 2 aromatic carbocycles. The molecule has 1 aliphatic rings. The van der Waals surface area contributed by atoms with E-state index in [9.17, 15) is 14.0 Å². The predicted molar refractivity (Wildman–Crippen MR) is 118 cm³/mol. The third-order valence-corrected chi connectivity index (χ3v) is 6.17. The number of halogens is 1. The number of rotatable bonds is 5. The molecule has 0 saturated carbocycles. The minimum absolute atomic E-state index is 0.0567. The van der Waals surface area contributed by atoms with Crippen molar-refractivity contribution in [2.75, 3.05) is 30.9 Å². The number of aromatic nitrogens is 2. The van der Waals surface area contributed by atoms with Gasteiger partial charge >= 0.3 is 0 Å². The van der Waals surface area contributed by atoms with E-state index in [1.807, 2.05) is 43.3 Å². The van der Waals surface area contributed by atoms with Crippen molar-refractivity contribution < 1.29 is 14.0 Å². The van der Waals surface area contributed by atoms with Gasteiger partial charge < -0.3 is 15.1 Å². The Labute approximate surface area is 183 Å². The first-order chi connectivity index (χ1) is 14.9. The van der Waals surface area contributed by atoms with Gasteiger partial charge in [-0.25, -0.2) is 4.39 Å². The molecule has 1 unspecified atom stereocenters. The Bertz CT molecular complexity index is 1100. The summed E-state index contributed by atoms with van der Waals surface area (Å²) < 4.78 is 13.0. The van der Waals surface area contributed by atoms with Crippen LogP contribution >= 0.6 is 11.3 Å². The molecule has 1 aromatic heterocycles. The van der Waals surface area contributed by atoms with Crippen molar-refractivity contribution >= 4 is 34.5 Å². The maximum absolute atomic E-state index is 13.2. The highest BCUT2D eigenvalue weighted by atomic mass is 32.1. The van der Waals surface area contributed by atoms with Crippen LogP contribution in [0, 0.1) is 5.82 Å². The van der Waals surface area contributed by atoms with Gasteiger partial charge in [-0.3, -0.25) is 9.59 Å². The van der Waals surface area contributed by atoms with Gasteiger partial charge in [0.1, 0.15) is 10.8 Å². The molecule has 3 aromatic rings. The number of carbonyl (C=O) groups is 2. The Morgan fingerprint density at radius 2 is 1.94 bits per heavy atom. The van der Waals surface area contributed by atoms with E-state index in [1.165, 1.54) is 35.6 Å². The quantitative estimate of drug-likeness (QED) is 0.651. The molecule has 7 nitrogen and oxygen atoms in total. The van der Waals surface area contributed by atoms with Crippen molar-refractivity contribution in [2.45, 2.75) is 18.9 Å². The van der Waals surface area contributed by atoms with Crippen LogP contribution in [-0.4, -0.2) is 47.6 Å². The standard InChI is InChI=1S/C22H22FN5O2S/c1-27(2)17-6-3-5-14(13-17)22(30)28-12-4-7-18(28)20-25-26-21(31-20)19(29)24-16-10-8-15(23)9-11-16/h3,5-6,8-11,13,18H,4,7,12H2,1-2H3,(H,24,29). The van der Waals surface area contributed by atoms with E-state index in [2.05, 4.69) is 15.5 Å². The molecule has 1 saturated heterocycles. The summed E-state index contributed by atoms with van der Waals surface area (Å²) in [5, 5.41) is 11.7. The summed E-state index contributed by atoms with van der Waals surface area (Å²) >= 11 is 1.17. The lowest BCUT2D eigenvalue weighted by Gasteiger charge is -2.23. The lowest BCUT2D eigenvalue weighted by molar-refractivity contribution is 0.0735. The van der Waals surface area contributed by atoms with Crippen molar-refractivity contribution in [3.63, 3.8) is 0 Å². The number of benzene rings is 2. The van der Waals surface area contributed by atoms with Gasteiger partial charge in [0.2, 0.25) is 5.01 Å². The summed E-state index contributed by atoms with van der Waals surface area (Å²) in [4.78, 5) is 29.4. The van der Waals surface area contributed by atoms with Crippen LogP contribution in [0.25, 0.3) is 0 Å². The second-order valence-corrected chi connectivity index (χ2v) is 8.52. The highest BCUT2D eigenvalue weighted by molar-refractivity contribution is 7.13. The normalized spacial score (nSPS) is 15.7. The van der Waals surface area contributed by atoms with Crippen LogP contribution in [0.5, 0.6) is 0 Å². The Morgan fingerprint density at radius 3 is 2.68 bits per heavy atom. The van der Waals surface area contributed by atoms with Gasteiger partial charge in [-0.2, -0.15) is 0 Å². The summed E-state index contributed by atoms with van der Waals surface area (Å²) in [6.07, 6.45) is 1.63. The smallest absolute Gasteiger partial charge is 0.286 e. The number of nitrogens with zero attached hydrogens (tertiary/aromatic N) is 4. The van der Waals surface area contributed by atoms with Crippen LogP contribution in [0.2, 0.25) is 0 Å². The molecule has 0 bridgehead atoms. The molecule has 160 valence electrons. The fourth-order valence-corrected chi connectivity index (χ4v) is 4.41. The lowest BCUT2D eigenvalue weighted by Crippen LogP contribution is -2.30. The predicted octanol–water partition coefficient (Wildman–Crippen LogP) is 3.97. The summed E-state index contributed by atoms with van der Waals surface area (Å²) in [5.74, 6) is -0.845. The molecule has 1 atom stereocenters. The molecule has 0 spiro atoms.